The zero-order valence-electron chi connectivity index (χ0n) is 20.3. The van der Waals surface area contributed by atoms with Gasteiger partial charge in [-0.1, -0.05) is 51.3 Å². The van der Waals surface area contributed by atoms with Crippen molar-refractivity contribution in [1.29, 1.82) is 0 Å². The highest BCUT2D eigenvalue weighted by Gasteiger charge is 2.19. The zero-order valence-corrected chi connectivity index (χ0v) is 20.3. The molecule has 2 rings (SSSR count). The Morgan fingerprint density at radius 1 is 1.16 bits per heavy atom. The molecular weight excluding hydrogens is 392 g/mol. The maximum absolute atomic E-state index is 11.7. The quantitative estimate of drug-likeness (QED) is 0.407. The van der Waals surface area contributed by atoms with Crippen LogP contribution in [-0.2, 0) is 9.59 Å². The van der Waals surface area contributed by atoms with Gasteiger partial charge in [0, 0.05) is 39.0 Å². The molecule has 1 fully saturated rings. The summed E-state index contributed by atoms with van der Waals surface area (Å²) in [6, 6.07) is 7.96. The van der Waals surface area contributed by atoms with Gasteiger partial charge in [-0.05, 0) is 44.2 Å². The first-order chi connectivity index (χ1) is 14.9. The Kier molecular flexibility index (Phi) is 17.7. The lowest BCUT2D eigenvalue weighted by Gasteiger charge is -2.17. The molecule has 1 aromatic rings. The van der Waals surface area contributed by atoms with E-state index in [-0.39, 0.29) is 0 Å². The lowest BCUT2D eigenvalue weighted by molar-refractivity contribution is -0.131. The minimum Gasteiger partial charge on any atom is -0.497 e. The van der Waals surface area contributed by atoms with Crippen LogP contribution in [0.15, 0.2) is 24.3 Å². The predicted molar refractivity (Wildman–Crippen MR) is 127 cm³/mol. The Morgan fingerprint density at radius 3 is 2.26 bits per heavy atom. The molecule has 0 aromatic heterocycles. The van der Waals surface area contributed by atoms with Crippen molar-refractivity contribution in [3.63, 3.8) is 0 Å². The van der Waals surface area contributed by atoms with Crippen LogP contribution in [0.25, 0.3) is 0 Å². The highest BCUT2D eigenvalue weighted by atomic mass is 16.5. The number of likely N-dealkylation sites (tertiary alicyclic amines) is 1. The Balaban J connectivity index is 0.000000448. The normalized spacial score (nSPS) is 13.6. The molecule has 1 atom stereocenters. The fourth-order valence-corrected chi connectivity index (χ4v) is 3.23. The van der Waals surface area contributed by atoms with Gasteiger partial charge < -0.3 is 19.6 Å². The number of aldehydes is 1. The number of aryl methyl sites for hydroxylation is 1. The van der Waals surface area contributed by atoms with Crippen LogP contribution in [0.2, 0.25) is 0 Å². The number of hydroxylamine groups is 2. The zero-order chi connectivity index (χ0) is 23.5. The monoisotopic (exact) mass is 436 g/mol. The van der Waals surface area contributed by atoms with Gasteiger partial charge in [0.15, 0.2) is 0 Å². The van der Waals surface area contributed by atoms with Crippen molar-refractivity contribution >= 4 is 12.2 Å². The lowest BCUT2D eigenvalue weighted by Crippen LogP contribution is -2.28. The second-order valence-corrected chi connectivity index (χ2v) is 8.11. The second kappa shape index (κ2) is 18.8. The van der Waals surface area contributed by atoms with Gasteiger partial charge in [-0.2, -0.15) is 5.06 Å². The van der Waals surface area contributed by atoms with E-state index in [2.05, 4.69) is 20.8 Å². The molecule has 0 bridgehead atoms. The third-order valence-corrected chi connectivity index (χ3v) is 5.01. The van der Waals surface area contributed by atoms with Crippen LogP contribution in [0, 0.1) is 12.8 Å². The smallest absolute Gasteiger partial charge is 0.222 e. The van der Waals surface area contributed by atoms with Gasteiger partial charge in [0.25, 0.3) is 0 Å². The SMILES string of the molecule is CCCC(C)CC(=O)N1CCCC1.CCCN(O)CCC=O.COc1ccc(C)cc1. The maximum Gasteiger partial charge on any atom is 0.222 e. The molecular formula is C25H44N2O4. The van der Waals surface area contributed by atoms with Crippen molar-refractivity contribution in [2.75, 3.05) is 33.3 Å². The Labute approximate surface area is 189 Å². The largest absolute Gasteiger partial charge is 0.497 e. The average molecular weight is 437 g/mol. The van der Waals surface area contributed by atoms with Crippen molar-refractivity contribution in [2.45, 2.75) is 72.6 Å². The van der Waals surface area contributed by atoms with Crippen LogP contribution < -0.4 is 4.74 Å². The number of benzene rings is 1. The standard InChI is InChI=1S/C11H21NO.C8H10O.C6H13NO2/c1-3-6-10(2)9-11(13)12-7-4-5-8-12;1-7-3-5-8(9-2)6-4-7;1-2-4-7(9)5-3-6-8/h10H,3-9H2,1-2H3;3-6H,1-2H3;6,9H,2-5H2,1H3. The highest BCUT2D eigenvalue weighted by Crippen LogP contribution is 2.15. The highest BCUT2D eigenvalue weighted by molar-refractivity contribution is 5.76. The van der Waals surface area contributed by atoms with Crippen molar-refractivity contribution in [2.24, 2.45) is 5.92 Å². The Hall–Kier alpha value is -1.92. The minimum atomic E-state index is 0.374. The van der Waals surface area contributed by atoms with Crippen molar-refractivity contribution in [3.8, 4) is 5.75 Å². The number of ether oxygens (including phenoxy) is 1. The molecule has 0 aliphatic carbocycles. The van der Waals surface area contributed by atoms with E-state index in [1.54, 1.807) is 7.11 Å². The first-order valence-corrected chi connectivity index (χ1v) is 11.6. The van der Waals surface area contributed by atoms with E-state index >= 15 is 0 Å². The fraction of sp³-hybridized carbons (Fsp3) is 0.680. The molecule has 1 unspecified atom stereocenters. The summed E-state index contributed by atoms with van der Waals surface area (Å²) in [5.74, 6) is 1.86. The number of hydrogen-bond acceptors (Lipinski definition) is 5. The molecule has 1 aliphatic rings. The van der Waals surface area contributed by atoms with Gasteiger partial charge in [0.1, 0.15) is 12.0 Å². The van der Waals surface area contributed by atoms with E-state index in [0.29, 0.717) is 31.3 Å². The number of hydrogen-bond donors (Lipinski definition) is 1. The number of carbonyl (C=O) groups excluding carboxylic acids is 2. The Morgan fingerprint density at radius 2 is 1.77 bits per heavy atom. The molecule has 0 saturated carbocycles. The molecule has 1 amide bonds. The van der Waals surface area contributed by atoms with Gasteiger partial charge in [-0.25, -0.2) is 0 Å². The first kappa shape index (κ1) is 29.1. The first-order valence-electron chi connectivity index (χ1n) is 11.6. The van der Waals surface area contributed by atoms with Crippen molar-refractivity contribution in [1.82, 2.24) is 9.96 Å². The van der Waals surface area contributed by atoms with Crippen LogP contribution in [0.5, 0.6) is 5.75 Å². The van der Waals surface area contributed by atoms with Crippen LogP contribution in [0.3, 0.4) is 0 Å². The van der Waals surface area contributed by atoms with Crippen LogP contribution in [0.1, 0.15) is 71.3 Å². The molecule has 6 nitrogen and oxygen atoms in total. The summed E-state index contributed by atoms with van der Waals surface area (Å²) in [5.41, 5.74) is 1.26. The third-order valence-electron chi connectivity index (χ3n) is 5.01. The van der Waals surface area contributed by atoms with Gasteiger partial charge in [0.2, 0.25) is 5.91 Å². The summed E-state index contributed by atoms with van der Waals surface area (Å²) < 4.78 is 4.97. The molecule has 1 N–H and O–H groups in total. The number of rotatable bonds is 10. The van der Waals surface area contributed by atoms with Crippen molar-refractivity contribution < 1.29 is 19.5 Å². The van der Waals surface area contributed by atoms with Crippen molar-refractivity contribution in [3.05, 3.63) is 29.8 Å². The summed E-state index contributed by atoms with van der Waals surface area (Å²) >= 11 is 0. The molecule has 0 spiro atoms. The molecule has 1 saturated heterocycles. The van der Waals surface area contributed by atoms with E-state index in [1.165, 1.54) is 31.2 Å². The van der Waals surface area contributed by atoms with E-state index in [9.17, 15) is 9.59 Å². The van der Waals surface area contributed by atoms with Crippen LogP contribution in [-0.4, -0.2) is 60.7 Å². The van der Waals surface area contributed by atoms with Gasteiger partial charge >= 0.3 is 0 Å². The number of amides is 1. The second-order valence-electron chi connectivity index (χ2n) is 8.11. The summed E-state index contributed by atoms with van der Waals surface area (Å²) in [4.78, 5) is 23.5. The number of nitrogens with zero attached hydrogens (tertiary/aromatic N) is 2. The van der Waals surface area contributed by atoms with E-state index < -0.39 is 0 Å². The molecule has 178 valence electrons. The van der Waals surface area contributed by atoms with E-state index in [1.807, 2.05) is 36.1 Å². The molecule has 0 radical (unpaired) electrons. The topological polar surface area (TPSA) is 70.1 Å². The van der Waals surface area contributed by atoms with Gasteiger partial charge in [0.05, 0.1) is 7.11 Å². The van der Waals surface area contributed by atoms with Gasteiger partial charge in [-0.3, -0.25) is 4.79 Å². The number of methoxy groups -OCH3 is 1. The van der Waals surface area contributed by atoms with Gasteiger partial charge in [-0.15, -0.1) is 0 Å². The fourth-order valence-electron chi connectivity index (χ4n) is 3.23. The van der Waals surface area contributed by atoms with Crippen LogP contribution in [0.4, 0.5) is 0 Å². The minimum absolute atomic E-state index is 0.374. The lowest BCUT2D eigenvalue weighted by atomic mass is 10.0. The number of carbonyl (C=O) groups is 2. The summed E-state index contributed by atoms with van der Waals surface area (Å²) in [6.45, 7) is 11.5. The summed E-state index contributed by atoms with van der Waals surface area (Å²) in [7, 11) is 1.67. The summed E-state index contributed by atoms with van der Waals surface area (Å²) in [5, 5.41) is 10.0. The average Bonchev–Trinajstić information content (AvgIpc) is 3.29. The molecule has 1 aliphatic heterocycles. The Bertz CT molecular complexity index is 571. The summed E-state index contributed by atoms with van der Waals surface area (Å²) in [6.07, 6.45) is 7.66. The molecule has 1 aromatic carbocycles. The third kappa shape index (κ3) is 15.5. The molecule has 1 heterocycles. The van der Waals surface area contributed by atoms with Crippen LogP contribution >= 0.6 is 0 Å². The van der Waals surface area contributed by atoms with E-state index in [0.717, 1.165) is 43.0 Å². The molecule has 31 heavy (non-hydrogen) atoms. The van der Waals surface area contributed by atoms with E-state index in [4.69, 9.17) is 9.94 Å². The predicted octanol–water partition coefficient (Wildman–Crippen LogP) is 5.12. The maximum atomic E-state index is 11.7. The molecule has 6 heteroatoms.